The topological polar surface area (TPSA) is 67.9 Å². The second-order valence-corrected chi connectivity index (χ2v) is 3.04. The maximum Gasteiger partial charge on any atom is 0.339 e. The molecular formula is C8H6ClN3O2. The minimum Gasteiger partial charge on any atom is -0.465 e. The molecule has 0 fully saturated rings. The highest BCUT2D eigenvalue weighted by Gasteiger charge is 2.13. The van der Waals surface area contributed by atoms with Gasteiger partial charge in [-0.2, -0.15) is 15.4 Å². The van der Waals surface area contributed by atoms with Gasteiger partial charge in [-0.1, -0.05) is 11.6 Å². The first-order valence-corrected chi connectivity index (χ1v) is 4.18. The first-order chi connectivity index (χ1) is 6.72. The van der Waals surface area contributed by atoms with Gasteiger partial charge in [-0.3, -0.25) is 0 Å². The number of rotatable bonds is 1. The molecule has 0 amide bonds. The Kier molecular flexibility index (Phi) is 2.09. The van der Waals surface area contributed by atoms with Gasteiger partial charge in [-0.25, -0.2) is 4.79 Å². The lowest BCUT2D eigenvalue weighted by Crippen LogP contribution is -2.01. The van der Waals surface area contributed by atoms with Crippen molar-refractivity contribution >= 4 is 28.6 Å². The summed E-state index contributed by atoms with van der Waals surface area (Å²) in [7, 11) is 1.30. The van der Waals surface area contributed by atoms with Crippen LogP contribution in [0.5, 0.6) is 0 Å². The molecule has 1 heterocycles. The van der Waals surface area contributed by atoms with Crippen LogP contribution in [0.3, 0.4) is 0 Å². The lowest BCUT2D eigenvalue weighted by Gasteiger charge is -2.00. The quantitative estimate of drug-likeness (QED) is 0.724. The van der Waals surface area contributed by atoms with E-state index in [1.54, 1.807) is 6.07 Å². The largest absolute Gasteiger partial charge is 0.465 e. The molecule has 0 aliphatic carbocycles. The molecule has 5 nitrogen and oxygen atoms in total. The second-order valence-electron chi connectivity index (χ2n) is 2.64. The summed E-state index contributed by atoms with van der Waals surface area (Å²) >= 11 is 5.85. The third-order valence-corrected chi connectivity index (χ3v) is 2.12. The van der Waals surface area contributed by atoms with Crippen molar-refractivity contribution in [3.63, 3.8) is 0 Å². The monoisotopic (exact) mass is 211 g/mol. The zero-order chi connectivity index (χ0) is 10.1. The van der Waals surface area contributed by atoms with Crippen LogP contribution in [-0.2, 0) is 4.74 Å². The van der Waals surface area contributed by atoms with E-state index in [2.05, 4.69) is 20.1 Å². The van der Waals surface area contributed by atoms with Crippen LogP contribution in [-0.4, -0.2) is 28.5 Å². The van der Waals surface area contributed by atoms with Crippen LogP contribution in [0.15, 0.2) is 12.1 Å². The van der Waals surface area contributed by atoms with Crippen molar-refractivity contribution in [1.29, 1.82) is 0 Å². The van der Waals surface area contributed by atoms with Gasteiger partial charge in [0.25, 0.3) is 0 Å². The van der Waals surface area contributed by atoms with Gasteiger partial charge < -0.3 is 4.74 Å². The van der Waals surface area contributed by atoms with Crippen molar-refractivity contribution in [2.45, 2.75) is 0 Å². The van der Waals surface area contributed by atoms with E-state index in [0.717, 1.165) is 0 Å². The summed E-state index contributed by atoms with van der Waals surface area (Å²) in [6.45, 7) is 0. The van der Waals surface area contributed by atoms with Crippen LogP contribution in [0.2, 0.25) is 5.02 Å². The summed E-state index contributed by atoms with van der Waals surface area (Å²) < 4.78 is 4.56. The van der Waals surface area contributed by atoms with Gasteiger partial charge in [-0.05, 0) is 12.1 Å². The SMILES string of the molecule is COC(=O)c1cc2n[nH]nc2cc1Cl. The number of ether oxygens (including phenoxy) is 1. The Bertz CT molecular complexity index is 494. The molecule has 2 rings (SSSR count). The molecule has 72 valence electrons. The third-order valence-electron chi connectivity index (χ3n) is 1.81. The molecule has 0 atom stereocenters. The van der Waals surface area contributed by atoms with Crippen molar-refractivity contribution in [1.82, 2.24) is 15.4 Å². The number of hydrogen-bond acceptors (Lipinski definition) is 4. The summed E-state index contributed by atoms with van der Waals surface area (Å²) in [6, 6.07) is 3.10. The number of benzene rings is 1. The lowest BCUT2D eigenvalue weighted by molar-refractivity contribution is 0.0601. The Balaban J connectivity index is 2.64. The zero-order valence-electron chi connectivity index (χ0n) is 7.24. The van der Waals surface area contributed by atoms with E-state index in [0.29, 0.717) is 16.1 Å². The maximum absolute atomic E-state index is 11.2. The molecule has 0 aliphatic rings. The Morgan fingerprint density at radius 1 is 1.43 bits per heavy atom. The van der Waals surface area contributed by atoms with Gasteiger partial charge in [0.15, 0.2) is 0 Å². The van der Waals surface area contributed by atoms with Gasteiger partial charge in [0, 0.05) is 0 Å². The normalized spacial score (nSPS) is 10.4. The predicted molar refractivity (Wildman–Crippen MR) is 50.2 cm³/mol. The Hall–Kier alpha value is -1.62. The van der Waals surface area contributed by atoms with Crippen molar-refractivity contribution in [3.05, 3.63) is 22.7 Å². The smallest absolute Gasteiger partial charge is 0.339 e. The fraction of sp³-hybridized carbons (Fsp3) is 0.125. The summed E-state index contributed by atoms with van der Waals surface area (Å²) in [5.74, 6) is -0.486. The number of fused-ring (bicyclic) bond motifs is 1. The number of nitrogens with zero attached hydrogens (tertiary/aromatic N) is 2. The Labute approximate surface area is 84.0 Å². The molecule has 6 heteroatoms. The minimum absolute atomic E-state index is 0.288. The average molecular weight is 212 g/mol. The average Bonchev–Trinajstić information content (AvgIpc) is 2.62. The highest BCUT2D eigenvalue weighted by molar-refractivity contribution is 6.34. The summed E-state index contributed by atoms with van der Waals surface area (Å²) in [4.78, 5) is 11.2. The lowest BCUT2D eigenvalue weighted by atomic mass is 10.2. The standard InChI is InChI=1S/C8H6ClN3O2/c1-14-8(13)4-2-6-7(3-5(4)9)11-12-10-6/h2-3H,1H3,(H,10,11,12). The number of nitrogens with one attached hydrogen (secondary N) is 1. The van der Waals surface area contributed by atoms with E-state index in [9.17, 15) is 4.79 Å². The van der Waals surface area contributed by atoms with Crippen LogP contribution < -0.4 is 0 Å². The van der Waals surface area contributed by atoms with E-state index in [1.807, 2.05) is 0 Å². The molecule has 0 bridgehead atoms. The fourth-order valence-electron chi connectivity index (χ4n) is 1.13. The van der Waals surface area contributed by atoms with Crippen LogP contribution >= 0.6 is 11.6 Å². The molecule has 0 radical (unpaired) electrons. The fourth-order valence-corrected chi connectivity index (χ4v) is 1.36. The van der Waals surface area contributed by atoms with Gasteiger partial charge in [0.1, 0.15) is 11.0 Å². The molecular weight excluding hydrogens is 206 g/mol. The van der Waals surface area contributed by atoms with E-state index in [4.69, 9.17) is 11.6 Å². The number of aromatic nitrogens is 3. The molecule has 1 aromatic carbocycles. The molecule has 0 saturated carbocycles. The number of esters is 1. The zero-order valence-corrected chi connectivity index (χ0v) is 8.00. The van der Waals surface area contributed by atoms with E-state index >= 15 is 0 Å². The summed E-state index contributed by atoms with van der Waals surface area (Å²) in [6.07, 6.45) is 0. The van der Waals surface area contributed by atoms with E-state index < -0.39 is 5.97 Å². The molecule has 0 aliphatic heterocycles. The minimum atomic E-state index is -0.486. The summed E-state index contributed by atoms with van der Waals surface area (Å²) in [5, 5.41) is 10.4. The van der Waals surface area contributed by atoms with E-state index in [-0.39, 0.29) is 5.56 Å². The van der Waals surface area contributed by atoms with E-state index in [1.165, 1.54) is 13.2 Å². The van der Waals surface area contributed by atoms with Crippen LogP contribution in [0, 0.1) is 0 Å². The first kappa shape index (κ1) is 8.96. The number of halogens is 1. The Morgan fingerprint density at radius 2 is 2.07 bits per heavy atom. The number of aromatic amines is 1. The molecule has 0 unspecified atom stereocenters. The van der Waals surface area contributed by atoms with Crippen LogP contribution in [0.4, 0.5) is 0 Å². The Morgan fingerprint density at radius 3 is 2.71 bits per heavy atom. The number of carbonyl (C=O) groups excluding carboxylic acids is 1. The summed E-state index contributed by atoms with van der Waals surface area (Å²) in [5.41, 5.74) is 1.48. The van der Waals surface area contributed by atoms with Crippen LogP contribution in [0.1, 0.15) is 10.4 Å². The van der Waals surface area contributed by atoms with Gasteiger partial charge in [0.2, 0.25) is 0 Å². The van der Waals surface area contributed by atoms with Gasteiger partial charge in [-0.15, -0.1) is 0 Å². The molecule has 1 N–H and O–H groups in total. The second kappa shape index (κ2) is 3.26. The van der Waals surface area contributed by atoms with Crippen molar-refractivity contribution in [3.8, 4) is 0 Å². The molecule has 2 aromatic rings. The number of methoxy groups -OCH3 is 1. The predicted octanol–water partition coefficient (Wildman–Crippen LogP) is 1.40. The van der Waals surface area contributed by atoms with Crippen molar-refractivity contribution in [2.75, 3.05) is 7.11 Å². The number of hydrogen-bond donors (Lipinski definition) is 1. The highest BCUT2D eigenvalue weighted by atomic mass is 35.5. The number of H-pyrrole nitrogens is 1. The first-order valence-electron chi connectivity index (χ1n) is 3.80. The van der Waals surface area contributed by atoms with Gasteiger partial charge in [0.05, 0.1) is 17.7 Å². The third kappa shape index (κ3) is 1.31. The van der Waals surface area contributed by atoms with Crippen molar-refractivity contribution < 1.29 is 9.53 Å². The number of carbonyl (C=O) groups is 1. The van der Waals surface area contributed by atoms with Crippen molar-refractivity contribution in [2.24, 2.45) is 0 Å². The van der Waals surface area contributed by atoms with Crippen LogP contribution in [0.25, 0.3) is 11.0 Å². The molecule has 0 saturated heterocycles. The maximum atomic E-state index is 11.2. The highest BCUT2D eigenvalue weighted by Crippen LogP contribution is 2.21. The molecule has 1 aromatic heterocycles. The van der Waals surface area contributed by atoms with Gasteiger partial charge >= 0.3 is 5.97 Å². The molecule has 14 heavy (non-hydrogen) atoms. The molecule has 0 spiro atoms.